The van der Waals surface area contributed by atoms with Crippen LogP contribution in [0.1, 0.15) is 47.0 Å². The van der Waals surface area contributed by atoms with Gasteiger partial charge in [0.1, 0.15) is 11.7 Å². The van der Waals surface area contributed by atoms with Gasteiger partial charge in [-0.15, -0.1) is 0 Å². The first-order valence-electron chi connectivity index (χ1n) is 6.95. The van der Waals surface area contributed by atoms with Gasteiger partial charge in [-0.2, -0.15) is 0 Å². The molecule has 3 nitrogen and oxygen atoms in total. The lowest BCUT2D eigenvalue weighted by atomic mass is 9.51. The predicted octanol–water partition coefficient (Wildman–Crippen LogP) is 3.05. The Balaban J connectivity index is 2.13. The fourth-order valence-electron chi connectivity index (χ4n) is 4.44. The SMILES string of the molecule is C[C@H]1CCC=C2C(=O)C[C@H]3OOC(C)(C)[C@@H]3[C@@]21C. The molecule has 0 aromatic carbocycles. The Hall–Kier alpha value is -0.670. The van der Waals surface area contributed by atoms with E-state index < -0.39 is 0 Å². The van der Waals surface area contributed by atoms with Crippen molar-refractivity contribution in [3.05, 3.63) is 11.6 Å². The Morgan fingerprint density at radius 3 is 2.78 bits per heavy atom. The van der Waals surface area contributed by atoms with Crippen LogP contribution in [0.5, 0.6) is 0 Å². The Bertz CT molecular complexity index is 423. The minimum atomic E-state index is -0.315. The topological polar surface area (TPSA) is 35.5 Å². The number of ketones is 1. The molecule has 1 saturated carbocycles. The first kappa shape index (κ1) is 12.4. The second kappa shape index (κ2) is 3.67. The highest BCUT2D eigenvalue weighted by molar-refractivity contribution is 5.98. The van der Waals surface area contributed by atoms with Crippen molar-refractivity contribution < 1.29 is 14.6 Å². The average Bonchev–Trinajstić information content (AvgIpc) is 2.58. The molecule has 100 valence electrons. The van der Waals surface area contributed by atoms with Crippen LogP contribution >= 0.6 is 0 Å². The molecule has 0 aromatic heterocycles. The molecule has 0 bridgehead atoms. The standard InChI is InChI=1S/C15H22O3/c1-9-6-5-7-10-11(16)8-12-13(15(9,10)4)14(2,3)18-17-12/h7,9,12-13H,5-6,8H2,1-4H3/t9-,12+,13+,15+/m0/s1. The summed E-state index contributed by atoms with van der Waals surface area (Å²) >= 11 is 0. The number of carbonyl (C=O) groups is 1. The molecule has 1 aliphatic heterocycles. The molecule has 3 rings (SSSR count). The second-order valence-corrected chi connectivity index (χ2v) is 6.81. The smallest absolute Gasteiger partial charge is 0.161 e. The van der Waals surface area contributed by atoms with E-state index in [0.717, 1.165) is 18.4 Å². The van der Waals surface area contributed by atoms with Crippen LogP contribution in [0, 0.1) is 17.3 Å². The minimum absolute atomic E-state index is 0.0739. The number of Topliss-reactive ketones (excluding diaryl/α,β-unsaturated/α-hetero) is 1. The fourth-order valence-corrected chi connectivity index (χ4v) is 4.44. The van der Waals surface area contributed by atoms with Crippen molar-refractivity contribution in [2.45, 2.75) is 58.7 Å². The first-order chi connectivity index (χ1) is 8.37. The van der Waals surface area contributed by atoms with Gasteiger partial charge in [0.05, 0.1) is 0 Å². The van der Waals surface area contributed by atoms with Crippen LogP contribution < -0.4 is 0 Å². The number of carbonyl (C=O) groups excluding carboxylic acids is 1. The minimum Gasteiger partial charge on any atom is -0.294 e. The van der Waals surface area contributed by atoms with E-state index in [4.69, 9.17) is 9.78 Å². The summed E-state index contributed by atoms with van der Waals surface area (Å²) < 4.78 is 0. The molecule has 3 heteroatoms. The molecule has 18 heavy (non-hydrogen) atoms. The molecule has 2 fully saturated rings. The lowest BCUT2D eigenvalue weighted by Crippen LogP contribution is -2.54. The molecule has 0 aromatic rings. The average molecular weight is 250 g/mol. The highest BCUT2D eigenvalue weighted by atomic mass is 17.2. The molecule has 1 saturated heterocycles. The number of hydrogen-bond acceptors (Lipinski definition) is 3. The Morgan fingerprint density at radius 2 is 2.06 bits per heavy atom. The van der Waals surface area contributed by atoms with Crippen LogP contribution in [0.3, 0.4) is 0 Å². The van der Waals surface area contributed by atoms with Crippen molar-refractivity contribution in [2.24, 2.45) is 17.3 Å². The van der Waals surface area contributed by atoms with Crippen LogP contribution in [-0.4, -0.2) is 17.5 Å². The van der Waals surface area contributed by atoms with Crippen LogP contribution in [-0.2, 0) is 14.6 Å². The maximum atomic E-state index is 12.3. The summed E-state index contributed by atoms with van der Waals surface area (Å²) in [5.74, 6) is 1.02. The van der Waals surface area contributed by atoms with Gasteiger partial charge in [-0.3, -0.25) is 4.79 Å². The third-order valence-electron chi connectivity index (χ3n) is 5.39. The number of fused-ring (bicyclic) bond motifs is 3. The van der Waals surface area contributed by atoms with Crippen molar-refractivity contribution in [3.63, 3.8) is 0 Å². The lowest BCUT2D eigenvalue weighted by Gasteiger charge is -2.51. The van der Waals surface area contributed by atoms with Crippen LogP contribution in [0.4, 0.5) is 0 Å². The van der Waals surface area contributed by atoms with E-state index in [2.05, 4.69) is 33.8 Å². The lowest BCUT2D eigenvalue weighted by molar-refractivity contribution is -0.318. The zero-order valence-electron chi connectivity index (χ0n) is 11.7. The van der Waals surface area contributed by atoms with Gasteiger partial charge >= 0.3 is 0 Å². The van der Waals surface area contributed by atoms with Gasteiger partial charge in [-0.05, 0) is 38.2 Å². The van der Waals surface area contributed by atoms with Gasteiger partial charge in [-0.25, -0.2) is 9.78 Å². The summed E-state index contributed by atoms with van der Waals surface area (Å²) in [5.41, 5.74) is 0.618. The number of rotatable bonds is 0. The second-order valence-electron chi connectivity index (χ2n) is 6.81. The van der Waals surface area contributed by atoms with Gasteiger partial charge in [0, 0.05) is 17.8 Å². The summed E-state index contributed by atoms with van der Waals surface area (Å²) in [6, 6.07) is 0. The van der Waals surface area contributed by atoms with Crippen LogP contribution in [0.2, 0.25) is 0 Å². The predicted molar refractivity (Wildman–Crippen MR) is 67.7 cm³/mol. The molecular formula is C15H22O3. The van der Waals surface area contributed by atoms with E-state index in [1.807, 2.05) is 0 Å². The maximum absolute atomic E-state index is 12.3. The molecule has 3 aliphatic rings. The normalized spacial score (nSPS) is 46.3. The Morgan fingerprint density at radius 1 is 1.33 bits per heavy atom. The Kier molecular flexibility index (Phi) is 2.52. The first-order valence-corrected chi connectivity index (χ1v) is 6.95. The van der Waals surface area contributed by atoms with Crippen LogP contribution in [0.25, 0.3) is 0 Å². The molecule has 0 radical (unpaired) electrons. The summed E-state index contributed by atoms with van der Waals surface area (Å²) in [5, 5.41) is 0. The zero-order valence-corrected chi connectivity index (χ0v) is 11.7. The molecule has 0 N–H and O–H groups in total. The third-order valence-corrected chi connectivity index (χ3v) is 5.39. The van der Waals surface area contributed by atoms with Gasteiger partial charge in [0.25, 0.3) is 0 Å². The summed E-state index contributed by atoms with van der Waals surface area (Å²) in [6.07, 6.45) is 4.73. The van der Waals surface area contributed by atoms with Gasteiger partial charge < -0.3 is 0 Å². The number of allylic oxidation sites excluding steroid dienone is 2. The summed E-state index contributed by atoms with van der Waals surface area (Å²) in [6.45, 7) is 8.66. The van der Waals surface area contributed by atoms with Crippen molar-refractivity contribution in [3.8, 4) is 0 Å². The van der Waals surface area contributed by atoms with Crippen molar-refractivity contribution >= 4 is 5.78 Å². The molecule has 0 unspecified atom stereocenters. The van der Waals surface area contributed by atoms with Gasteiger partial charge in [-0.1, -0.05) is 19.9 Å². The molecule has 1 heterocycles. The van der Waals surface area contributed by atoms with E-state index in [-0.39, 0.29) is 28.8 Å². The van der Waals surface area contributed by atoms with Crippen molar-refractivity contribution in [1.82, 2.24) is 0 Å². The molecular weight excluding hydrogens is 228 g/mol. The van der Waals surface area contributed by atoms with E-state index in [1.165, 1.54) is 0 Å². The zero-order chi connectivity index (χ0) is 13.1. The van der Waals surface area contributed by atoms with E-state index in [9.17, 15) is 4.79 Å². The molecule has 0 spiro atoms. The maximum Gasteiger partial charge on any atom is 0.161 e. The van der Waals surface area contributed by atoms with Gasteiger partial charge in [0.15, 0.2) is 5.78 Å². The molecule has 0 amide bonds. The highest BCUT2D eigenvalue weighted by Gasteiger charge is 2.62. The largest absolute Gasteiger partial charge is 0.294 e. The van der Waals surface area contributed by atoms with Gasteiger partial charge in [0.2, 0.25) is 0 Å². The van der Waals surface area contributed by atoms with E-state index in [0.29, 0.717) is 12.3 Å². The van der Waals surface area contributed by atoms with Crippen LogP contribution in [0.15, 0.2) is 11.6 Å². The van der Waals surface area contributed by atoms with E-state index >= 15 is 0 Å². The summed E-state index contributed by atoms with van der Waals surface area (Å²) in [7, 11) is 0. The van der Waals surface area contributed by atoms with Crippen molar-refractivity contribution in [1.29, 1.82) is 0 Å². The summed E-state index contributed by atoms with van der Waals surface area (Å²) in [4.78, 5) is 23.3. The molecule has 4 atom stereocenters. The third kappa shape index (κ3) is 1.41. The molecule has 2 aliphatic carbocycles. The Labute approximate surface area is 108 Å². The number of hydrogen-bond donors (Lipinski definition) is 0. The highest BCUT2D eigenvalue weighted by Crippen LogP contribution is 2.59. The van der Waals surface area contributed by atoms with E-state index in [1.54, 1.807) is 0 Å². The van der Waals surface area contributed by atoms with Crippen molar-refractivity contribution in [2.75, 3.05) is 0 Å². The quantitative estimate of drug-likeness (QED) is 0.620. The fraction of sp³-hybridized carbons (Fsp3) is 0.800. The monoisotopic (exact) mass is 250 g/mol.